The first-order valence-corrected chi connectivity index (χ1v) is 11.6. The summed E-state index contributed by atoms with van der Waals surface area (Å²) in [6.07, 6.45) is -0.365. The number of rotatable bonds is 4. The van der Waals surface area contributed by atoms with Crippen LogP contribution in [-0.4, -0.2) is 14.1 Å². The van der Waals surface area contributed by atoms with Crippen LogP contribution in [0.4, 0.5) is 13.2 Å². The molecule has 0 bridgehead atoms. The standard InChI is InChI=1S/C25H21BrF3N3O/c1-2-22-30-20-10-11-31(14-15-4-3-5-17(12-15)25(27,28)29)24(33)23(20)32(22)21-9-6-16-13-18(26)7-8-19(16)21/h3-5,7-8,10-13,21H,2,6,9,14H2,1H3/t21-/m0/s1. The Morgan fingerprint density at radius 2 is 1.97 bits per heavy atom. The topological polar surface area (TPSA) is 39.8 Å². The molecule has 0 N–H and O–H groups in total. The lowest BCUT2D eigenvalue weighted by atomic mass is 10.1. The van der Waals surface area contributed by atoms with E-state index in [9.17, 15) is 18.0 Å². The molecule has 0 amide bonds. The molecule has 170 valence electrons. The highest BCUT2D eigenvalue weighted by molar-refractivity contribution is 9.10. The highest BCUT2D eigenvalue weighted by atomic mass is 79.9. The summed E-state index contributed by atoms with van der Waals surface area (Å²) in [4.78, 5) is 18.3. The van der Waals surface area contributed by atoms with Crippen LogP contribution in [0, 0.1) is 0 Å². The maximum Gasteiger partial charge on any atom is 0.416 e. The number of benzene rings is 2. The van der Waals surface area contributed by atoms with Crippen molar-refractivity contribution in [1.29, 1.82) is 0 Å². The van der Waals surface area contributed by atoms with Gasteiger partial charge in [0.25, 0.3) is 5.56 Å². The third kappa shape index (κ3) is 3.90. The van der Waals surface area contributed by atoms with Gasteiger partial charge < -0.3 is 9.13 Å². The molecule has 33 heavy (non-hydrogen) atoms. The summed E-state index contributed by atoms with van der Waals surface area (Å²) >= 11 is 3.53. The first kappa shape index (κ1) is 21.9. The van der Waals surface area contributed by atoms with Crippen LogP contribution in [0.3, 0.4) is 0 Å². The van der Waals surface area contributed by atoms with Crippen LogP contribution in [0.2, 0.25) is 0 Å². The highest BCUT2D eigenvalue weighted by Crippen LogP contribution is 2.38. The Labute approximate surface area is 196 Å². The summed E-state index contributed by atoms with van der Waals surface area (Å²) in [7, 11) is 0. The van der Waals surface area contributed by atoms with Crippen LogP contribution in [0.1, 0.15) is 47.5 Å². The van der Waals surface area contributed by atoms with Gasteiger partial charge in [0, 0.05) is 17.1 Å². The normalized spacial score (nSPS) is 15.8. The van der Waals surface area contributed by atoms with Crippen LogP contribution in [0.5, 0.6) is 0 Å². The van der Waals surface area contributed by atoms with Gasteiger partial charge >= 0.3 is 6.18 Å². The van der Waals surface area contributed by atoms with Crippen molar-refractivity contribution in [2.24, 2.45) is 0 Å². The summed E-state index contributed by atoms with van der Waals surface area (Å²) in [5.74, 6) is 0.833. The zero-order chi connectivity index (χ0) is 23.3. The molecule has 0 spiro atoms. The second kappa shape index (κ2) is 8.17. The number of nitrogens with zero attached hydrogens (tertiary/aromatic N) is 3. The van der Waals surface area contributed by atoms with Crippen molar-refractivity contribution in [1.82, 2.24) is 14.1 Å². The van der Waals surface area contributed by atoms with Gasteiger partial charge in [0.15, 0.2) is 0 Å². The molecule has 8 heteroatoms. The summed E-state index contributed by atoms with van der Waals surface area (Å²) < 4.78 is 43.9. The van der Waals surface area contributed by atoms with Gasteiger partial charge in [-0.15, -0.1) is 0 Å². The lowest BCUT2D eigenvalue weighted by Gasteiger charge is -2.18. The monoisotopic (exact) mass is 515 g/mol. The van der Waals surface area contributed by atoms with Crippen molar-refractivity contribution in [3.8, 4) is 0 Å². The van der Waals surface area contributed by atoms with E-state index in [1.54, 1.807) is 18.3 Å². The predicted molar refractivity (Wildman–Crippen MR) is 125 cm³/mol. The molecule has 0 radical (unpaired) electrons. The number of hydrogen-bond acceptors (Lipinski definition) is 2. The van der Waals surface area contributed by atoms with Crippen molar-refractivity contribution in [3.05, 3.63) is 97.6 Å². The molecule has 0 saturated heterocycles. The Morgan fingerprint density at radius 3 is 2.73 bits per heavy atom. The van der Waals surface area contributed by atoms with E-state index in [1.807, 2.05) is 17.6 Å². The molecule has 2 heterocycles. The average Bonchev–Trinajstić information content (AvgIpc) is 3.36. The number of aromatic nitrogens is 3. The van der Waals surface area contributed by atoms with E-state index < -0.39 is 11.7 Å². The molecular weight excluding hydrogens is 495 g/mol. The van der Waals surface area contributed by atoms with Gasteiger partial charge in [-0.2, -0.15) is 13.2 Å². The number of fused-ring (bicyclic) bond motifs is 2. The van der Waals surface area contributed by atoms with Crippen molar-refractivity contribution < 1.29 is 13.2 Å². The molecule has 4 aromatic rings. The third-order valence-corrected chi connectivity index (χ3v) is 6.77. The van der Waals surface area contributed by atoms with Crippen molar-refractivity contribution in [2.75, 3.05) is 0 Å². The molecule has 0 saturated carbocycles. The lowest BCUT2D eigenvalue weighted by molar-refractivity contribution is -0.137. The van der Waals surface area contributed by atoms with E-state index >= 15 is 0 Å². The van der Waals surface area contributed by atoms with Crippen LogP contribution in [0.15, 0.2) is 64.0 Å². The van der Waals surface area contributed by atoms with Gasteiger partial charge in [-0.25, -0.2) is 4.98 Å². The Morgan fingerprint density at radius 1 is 1.15 bits per heavy atom. The van der Waals surface area contributed by atoms with Crippen LogP contribution >= 0.6 is 15.9 Å². The lowest BCUT2D eigenvalue weighted by Crippen LogP contribution is -2.24. The van der Waals surface area contributed by atoms with Gasteiger partial charge in [0.1, 0.15) is 11.3 Å². The van der Waals surface area contributed by atoms with Crippen LogP contribution in [0.25, 0.3) is 11.0 Å². The van der Waals surface area contributed by atoms with E-state index in [0.29, 0.717) is 23.0 Å². The number of imidazole rings is 1. The maximum absolute atomic E-state index is 13.6. The third-order valence-electron chi connectivity index (χ3n) is 6.27. The van der Waals surface area contributed by atoms with Gasteiger partial charge in [-0.3, -0.25) is 4.79 Å². The zero-order valence-corrected chi connectivity index (χ0v) is 19.4. The van der Waals surface area contributed by atoms with Crippen molar-refractivity contribution in [3.63, 3.8) is 0 Å². The molecule has 2 aromatic heterocycles. The quantitative estimate of drug-likeness (QED) is 0.328. The SMILES string of the molecule is CCc1nc2ccn(Cc3cccc(C(F)(F)F)c3)c(=O)c2n1[C@H]1CCc2cc(Br)ccc21. The van der Waals surface area contributed by atoms with Gasteiger partial charge in [-0.05, 0) is 59.9 Å². The first-order valence-electron chi connectivity index (χ1n) is 10.8. The van der Waals surface area contributed by atoms with Gasteiger partial charge in [-0.1, -0.05) is 41.1 Å². The van der Waals surface area contributed by atoms with Gasteiger partial charge in [0.2, 0.25) is 0 Å². The Hall–Kier alpha value is -2.87. The molecule has 1 aliphatic rings. The number of alkyl halides is 3. The van der Waals surface area contributed by atoms with Gasteiger partial charge in [0.05, 0.1) is 23.7 Å². The molecule has 4 nitrogen and oxygen atoms in total. The summed E-state index contributed by atoms with van der Waals surface area (Å²) in [5.41, 5.74) is 3.00. The molecular formula is C25H21BrF3N3O. The largest absolute Gasteiger partial charge is 0.416 e. The van der Waals surface area contributed by atoms with E-state index in [2.05, 4.69) is 28.1 Å². The van der Waals surface area contributed by atoms with Crippen LogP contribution in [-0.2, 0) is 25.6 Å². The van der Waals surface area contributed by atoms with E-state index in [1.165, 1.54) is 21.8 Å². The fourth-order valence-electron chi connectivity index (χ4n) is 4.78. The second-order valence-corrected chi connectivity index (χ2v) is 9.25. The number of pyridine rings is 1. The average molecular weight is 516 g/mol. The molecule has 0 unspecified atom stereocenters. The summed E-state index contributed by atoms with van der Waals surface area (Å²) in [6.45, 7) is 2.07. The first-order chi connectivity index (χ1) is 15.8. The zero-order valence-electron chi connectivity index (χ0n) is 17.9. The number of halogens is 4. The minimum atomic E-state index is -4.43. The molecule has 1 aliphatic carbocycles. The smallest absolute Gasteiger partial charge is 0.316 e. The number of hydrogen-bond donors (Lipinski definition) is 0. The molecule has 5 rings (SSSR count). The molecule has 2 aromatic carbocycles. The fraction of sp³-hybridized carbons (Fsp3) is 0.280. The summed E-state index contributed by atoms with van der Waals surface area (Å²) in [6, 6.07) is 13.1. The maximum atomic E-state index is 13.6. The number of aryl methyl sites for hydroxylation is 2. The Balaban J connectivity index is 1.62. The van der Waals surface area contributed by atoms with E-state index in [0.717, 1.165) is 35.3 Å². The summed E-state index contributed by atoms with van der Waals surface area (Å²) in [5, 5.41) is 0. The van der Waals surface area contributed by atoms with E-state index in [-0.39, 0.29) is 18.1 Å². The fourth-order valence-corrected chi connectivity index (χ4v) is 5.18. The van der Waals surface area contributed by atoms with Crippen molar-refractivity contribution in [2.45, 2.75) is 44.9 Å². The predicted octanol–water partition coefficient (Wildman–Crippen LogP) is 6.13. The Bertz CT molecular complexity index is 1420. The van der Waals surface area contributed by atoms with Crippen LogP contribution < -0.4 is 5.56 Å². The minimum absolute atomic E-state index is 0.00478. The molecule has 0 fully saturated rings. The van der Waals surface area contributed by atoms with Crippen molar-refractivity contribution >= 4 is 27.0 Å². The minimum Gasteiger partial charge on any atom is -0.316 e. The molecule has 1 atom stereocenters. The van der Waals surface area contributed by atoms with E-state index in [4.69, 9.17) is 4.98 Å². The highest BCUT2D eigenvalue weighted by Gasteiger charge is 2.31. The second-order valence-electron chi connectivity index (χ2n) is 8.33. The molecule has 0 aliphatic heterocycles. The Kier molecular flexibility index (Phi) is 5.43.